The van der Waals surface area contributed by atoms with Gasteiger partial charge in [-0.25, -0.2) is 9.59 Å². The fraction of sp³-hybridized carbons (Fsp3) is 0.800. The first kappa shape index (κ1) is 19.4. The van der Waals surface area contributed by atoms with Gasteiger partial charge in [-0.3, -0.25) is 0 Å². The van der Waals surface area contributed by atoms with Crippen molar-refractivity contribution in [1.82, 2.24) is 0 Å². The molecule has 11 heteroatoms. The van der Waals surface area contributed by atoms with Gasteiger partial charge in [0.15, 0.2) is 6.61 Å². The minimum atomic E-state index is -6.66. The number of hydrogen-bond donors (Lipinski definition) is 0. The average molecular weight is 328 g/mol. The summed E-state index contributed by atoms with van der Waals surface area (Å²) in [6.45, 7) is 0.0989. The van der Waals surface area contributed by atoms with Gasteiger partial charge in [0.25, 0.3) is 0 Å². The molecule has 0 N–H and O–H groups in total. The van der Waals surface area contributed by atoms with Crippen molar-refractivity contribution in [1.29, 1.82) is 0 Å². The summed E-state index contributed by atoms with van der Waals surface area (Å²) in [4.78, 5) is 21.5. The van der Waals surface area contributed by atoms with Crippen molar-refractivity contribution in [2.75, 3.05) is 13.2 Å². The number of carbonyl (C=O) groups excluding carboxylic acids is 2. The van der Waals surface area contributed by atoms with E-state index in [1.165, 1.54) is 0 Å². The summed E-state index contributed by atoms with van der Waals surface area (Å²) < 4.78 is 93.4. The van der Waals surface area contributed by atoms with Crippen LogP contribution in [0, 0.1) is 0 Å². The highest BCUT2D eigenvalue weighted by molar-refractivity contribution is 5.82. The molecule has 0 radical (unpaired) electrons. The molecule has 0 aromatic carbocycles. The molecule has 21 heavy (non-hydrogen) atoms. The lowest BCUT2D eigenvalue weighted by atomic mass is 10.1. The van der Waals surface area contributed by atoms with Crippen molar-refractivity contribution in [3.8, 4) is 0 Å². The first-order valence-electron chi connectivity index (χ1n) is 5.53. The lowest BCUT2D eigenvalue weighted by Crippen LogP contribution is -2.56. The average Bonchev–Trinajstić information content (AvgIpc) is 2.34. The second-order valence-corrected chi connectivity index (χ2v) is 3.80. The van der Waals surface area contributed by atoms with E-state index in [0.717, 1.165) is 0 Å². The molecule has 0 rings (SSSR count). The molecule has 0 aromatic rings. The molecule has 0 fully saturated rings. The van der Waals surface area contributed by atoms with Gasteiger partial charge in [-0.1, -0.05) is 13.3 Å². The summed E-state index contributed by atoms with van der Waals surface area (Å²) in [5.74, 6) is -17.3. The first-order valence-corrected chi connectivity index (χ1v) is 5.53. The molecule has 4 nitrogen and oxygen atoms in total. The zero-order valence-corrected chi connectivity index (χ0v) is 10.6. The van der Waals surface area contributed by atoms with Crippen molar-refractivity contribution in [2.24, 2.45) is 0 Å². The Bertz CT molecular complexity index is 378. The molecule has 0 unspecified atom stereocenters. The van der Waals surface area contributed by atoms with Crippen LogP contribution in [0.5, 0.6) is 0 Å². The second-order valence-electron chi connectivity index (χ2n) is 3.80. The van der Waals surface area contributed by atoms with E-state index in [1.807, 2.05) is 0 Å². The highest BCUT2D eigenvalue weighted by Gasteiger charge is 2.77. The summed E-state index contributed by atoms with van der Waals surface area (Å²) >= 11 is 0. The van der Waals surface area contributed by atoms with Crippen molar-refractivity contribution in [3.63, 3.8) is 0 Å². The maximum Gasteiger partial charge on any atom is 0.460 e. The molecule has 0 aliphatic rings. The number of halogens is 7. The Morgan fingerprint density at radius 1 is 0.952 bits per heavy atom. The summed E-state index contributed by atoms with van der Waals surface area (Å²) in [6, 6.07) is 0. The number of esters is 2. The summed E-state index contributed by atoms with van der Waals surface area (Å²) in [5.41, 5.74) is 0. The Labute approximate surface area is 114 Å². The van der Waals surface area contributed by atoms with E-state index >= 15 is 0 Å². The Kier molecular flexibility index (Phi) is 6.43. The van der Waals surface area contributed by atoms with E-state index in [-0.39, 0.29) is 6.61 Å². The molecule has 0 saturated carbocycles. The van der Waals surface area contributed by atoms with Crippen LogP contribution in [0.2, 0.25) is 0 Å². The molecular formula is C10H11F7O4. The predicted octanol–water partition coefficient (Wildman–Crippen LogP) is 2.71. The zero-order chi connectivity index (χ0) is 16.9. The molecule has 0 atom stereocenters. The molecule has 124 valence electrons. The van der Waals surface area contributed by atoms with Gasteiger partial charge in [-0.15, -0.1) is 0 Å². The third-order valence-electron chi connectivity index (χ3n) is 2.09. The SMILES string of the molecule is CCCCOC(=O)COC(=O)C(F)(F)C(F)(F)C(F)(F)F. The zero-order valence-electron chi connectivity index (χ0n) is 10.6. The van der Waals surface area contributed by atoms with Crippen molar-refractivity contribution < 1.29 is 49.8 Å². The third-order valence-corrected chi connectivity index (χ3v) is 2.09. The standard InChI is InChI=1S/C10H11F7O4/c1-2-3-4-20-6(18)5-21-7(19)8(11,12)9(13,14)10(15,16)17/h2-5H2,1H3. The fourth-order valence-corrected chi connectivity index (χ4v) is 0.893. The smallest absolute Gasteiger partial charge is 0.460 e. The number of carbonyl (C=O) groups is 2. The Balaban J connectivity index is 4.61. The summed E-state index contributed by atoms with van der Waals surface area (Å²) in [6.07, 6.45) is -5.64. The van der Waals surface area contributed by atoms with Crippen LogP contribution >= 0.6 is 0 Å². The molecule has 0 spiro atoms. The monoisotopic (exact) mass is 328 g/mol. The third kappa shape index (κ3) is 4.74. The summed E-state index contributed by atoms with van der Waals surface area (Å²) in [5, 5.41) is 0. The van der Waals surface area contributed by atoms with Gasteiger partial charge in [-0.2, -0.15) is 30.7 Å². The topological polar surface area (TPSA) is 52.6 Å². The lowest BCUT2D eigenvalue weighted by molar-refractivity contribution is -0.348. The van der Waals surface area contributed by atoms with E-state index in [1.54, 1.807) is 6.92 Å². The molecule has 0 aromatic heterocycles. The minimum Gasteiger partial charge on any atom is -0.463 e. The molecule has 0 heterocycles. The van der Waals surface area contributed by atoms with Gasteiger partial charge < -0.3 is 9.47 Å². The van der Waals surface area contributed by atoms with E-state index < -0.39 is 36.6 Å². The van der Waals surface area contributed by atoms with Crippen molar-refractivity contribution >= 4 is 11.9 Å². The van der Waals surface area contributed by atoms with Gasteiger partial charge in [0.2, 0.25) is 0 Å². The van der Waals surface area contributed by atoms with Crippen LogP contribution in [0.15, 0.2) is 0 Å². The Morgan fingerprint density at radius 2 is 1.48 bits per heavy atom. The van der Waals surface area contributed by atoms with Crippen LogP contribution in [0.4, 0.5) is 30.7 Å². The fourth-order valence-electron chi connectivity index (χ4n) is 0.893. The largest absolute Gasteiger partial charge is 0.463 e. The number of ether oxygens (including phenoxy) is 2. The maximum atomic E-state index is 12.8. The number of unbranched alkanes of at least 4 members (excludes halogenated alkanes) is 1. The molecule has 0 aliphatic carbocycles. The summed E-state index contributed by atoms with van der Waals surface area (Å²) in [7, 11) is 0. The quantitative estimate of drug-likeness (QED) is 0.410. The van der Waals surface area contributed by atoms with Gasteiger partial charge in [0, 0.05) is 0 Å². The highest BCUT2D eigenvalue weighted by Crippen LogP contribution is 2.46. The van der Waals surface area contributed by atoms with Crippen molar-refractivity contribution in [3.05, 3.63) is 0 Å². The van der Waals surface area contributed by atoms with E-state index in [4.69, 9.17) is 0 Å². The van der Waals surface area contributed by atoms with Crippen LogP contribution in [0.25, 0.3) is 0 Å². The van der Waals surface area contributed by atoms with E-state index in [9.17, 15) is 40.3 Å². The number of alkyl halides is 7. The molecular weight excluding hydrogens is 317 g/mol. The van der Waals surface area contributed by atoms with E-state index in [2.05, 4.69) is 9.47 Å². The second kappa shape index (κ2) is 6.94. The van der Waals surface area contributed by atoms with E-state index in [0.29, 0.717) is 12.8 Å². The molecule has 0 bridgehead atoms. The lowest BCUT2D eigenvalue weighted by Gasteiger charge is -2.26. The Morgan fingerprint density at radius 3 is 1.90 bits per heavy atom. The highest BCUT2D eigenvalue weighted by atomic mass is 19.4. The van der Waals surface area contributed by atoms with Crippen molar-refractivity contribution in [2.45, 2.75) is 37.8 Å². The molecule has 0 aliphatic heterocycles. The van der Waals surface area contributed by atoms with Crippen LogP contribution in [0.1, 0.15) is 19.8 Å². The number of hydrogen-bond acceptors (Lipinski definition) is 4. The minimum absolute atomic E-state index is 0.137. The van der Waals surface area contributed by atoms with Gasteiger partial charge in [0.1, 0.15) is 0 Å². The molecule has 0 amide bonds. The maximum absolute atomic E-state index is 12.8. The predicted molar refractivity (Wildman–Crippen MR) is 52.8 cm³/mol. The van der Waals surface area contributed by atoms with Gasteiger partial charge >= 0.3 is 30.0 Å². The van der Waals surface area contributed by atoms with Gasteiger partial charge in [0.05, 0.1) is 6.61 Å². The molecule has 0 saturated heterocycles. The van der Waals surface area contributed by atoms with Crippen LogP contribution < -0.4 is 0 Å². The number of rotatable bonds is 7. The van der Waals surface area contributed by atoms with Crippen LogP contribution in [-0.2, 0) is 19.1 Å². The van der Waals surface area contributed by atoms with Crippen LogP contribution in [-0.4, -0.2) is 43.2 Å². The normalized spacial score (nSPS) is 13.0. The van der Waals surface area contributed by atoms with Crippen LogP contribution in [0.3, 0.4) is 0 Å². The first-order chi connectivity index (χ1) is 9.38. The Hall–Kier alpha value is -1.55. The van der Waals surface area contributed by atoms with Gasteiger partial charge in [-0.05, 0) is 6.42 Å².